The summed E-state index contributed by atoms with van der Waals surface area (Å²) in [5, 5.41) is 0. The van der Waals surface area contributed by atoms with Gasteiger partial charge in [-0.05, 0) is 81.6 Å². The predicted molar refractivity (Wildman–Crippen MR) is 133 cm³/mol. The van der Waals surface area contributed by atoms with Crippen molar-refractivity contribution in [3.05, 3.63) is 36.0 Å². The zero-order chi connectivity index (χ0) is 26.0. The topological polar surface area (TPSA) is 86.7 Å². The van der Waals surface area contributed by atoms with Gasteiger partial charge in [-0.2, -0.15) is 0 Å². The van der Waals surface area contributed by atoms with Crippen molar-refractivity contribution in [3.63, 3.8) is 0 Å². The molecule has 5 atom stereocenters. The number of allylic oxidation sites excluding steroid dienone is 1. The molecule has 0 aliphatic heterocycles. The second-order valence-electron chi connectivity index (χ2n) is 11.2. The van der Waals surface area contributed by atoms with Crippen LogP contribution in [0.15, 0.2) is 36.0 Å². The summed E-state index contributed by atoms with van der Waals surface area (Å²) >= 11 is 0. The van der Waals surface area contributed by atoms with E-state index < -0.39 is 11.9 Å². The Hall–Kier alpha value is -2.50. The van der Waals surface area contributed by atoms with E-state index in [9.17, 15) is 19.2 Å². The molecule has 0 radical (unpaired) electrons. The Morgan fingerprint density at radius 3 is 2.00 bits per heavy atom. The number of carbonyl (C=O) groups is 4. The maximum absolute atomic E-state index is 12.4. The maximum atomic E-state index is 12.4. The van der Waals surface area contributed by atoms with Crippen LogP contribution in [0.1, 0.15) is 79.1 Å². The summed E-state index contributed by atoms with van der Waals surface area (Å²) in [5.41, 5.74) is 2.27. The zero-order valence-electron chi connectivity index (χ0n) is 21.7. The van der Waals surface area contributed by atoms with Crippen molar-refractivity contribution in [2.24, 2.45) is 28.6 Å². The molecule has 0 N–H and O–H groups in total. The lowest BCUT2D eigenvalue weighted by molar-refractivity contribution is -0.147. The van der Waals surface area contributed by atoms with Crippen molar-refractivity contribution in [1.29, 1.82) is 0 Å². The predicted octanol–water partition coefficient (Wildman–Crippen LogP) is 5.31. The van der Waals surface area contributed by atoms with Crippen LogP contribution in [-0.2, 0) is 28.7 Å². The quantitative estimate of drug-likeness (QED) is 0.298. The second-order valence-corrected chi connectivity index (χ2v) is 11.2. The van der Waals surface area contributed by atoms with Gasteiger partial charge in [0.1, 0.15) is 19.0 Å². The summed E-state index contributed by atoms with van der Waals surface area (Å²) in [6.07, 6.45) is 10.2. The Morgan fingerprint density at radius 1 is 0.857 bits per heavy atom. The first-order chi connectivity index (χ1) is 16.4. The average Bonchev–Trinajstić information content (AvgIpc) is 3.11. The van der Waals surface area contributed by atoms with Gasteiger partial charge in [-0.3, -0.25) is 9.59 Å². The molecule has 4 aliphatic rings. The molecule has 4 rings (SSSR count). The normalized spacial score (nSPS) is 33.1. The van der Waals surface area contributed by atoms with Gasteiger partial charge in [0, 0.05) is 29.4 Å². The minimum Gasteiger partial charge on any atom is -0.459 e. The van der Waals surface area contributed by atoms with Crippen LogP contribution < -0.4 is 0 Å². The molecule has 0 saturated heterocycles. The van der Waals surface area contributed by atoms with Crippen LogP contribution in [0.5, 0.6) is 0 Å². The second kappa shape index (κ2) is 10.6. The van der Waals surface area contributed by atoms with Gasteiger partial charge in [0.15, 0.2) is 5.78 Å². The van der Waals surface area contributed by atoms with Gasteiger partial charge in [0.25, 0.3) is 0 Å². The molecule has 6 nitrogen and oxygen atoms in total. The monoisotopic (exact) mass is 484 g/mol. The van der Waals surface area contributed by atoms with Gasteiger partial charge in [-0.15, -0.1) is 0 Å². The Kier molecular flexibility index (Phi) is 8.23. The van der Waals surface area contributed by atoms with Crippen molar-refractivity contribution in [1.82, 2.24) is 0 Å². The molecule has 0 aromatic heterocycles. The number of rotatable bonds is 5. The molecular weight excluding hydrogens is 444 g/mol. The van der Waals surface area contributed by atoms with E-state index in [1.165, 1.54) is 18.4 Å². The minimum absolute atomic E-state index is 0.0246. The highest BCUT2D eigenvalue weighted by molar-refractivity contribution is 5.92. The number of fused-ring (bicyclic) bond motifs is 5. The molecular formula is C29H40O6. The van der Waals surface area contributed by atoms with E-state index in [1.807, 2.05) is 6.08 Å². The molecule has 6 heteroatoms. The molecule has 0 aromatic rings. The van der Waals surface area contributed by atoms with Crippen molar-refractivity contribution >= 4 is 23.5 Å². The Bertz CT molecular complexity index is 930. The van der Waals surface area contributed by atoms with Gasteiger partial charge < -0.3 is 9.47 Å². The zero-order valence-corrected chi connectivity index (χ0v) is 21.7. The lowest BCUT2D eigenvalue weighted by Crippen LogP contribution is -2.50. The molecule has 0 unspecified atom stereocenters. The summed E-state index contributed by atoms with van der Waals surface area (Å²) in [6, 6.07) is 0. The first-order valence-electron chi connectivity index (χ1n) is 12.8. The number of hydrogen-bond acceptors (Lipinski definition) is 6. The summed E-state index contributed by atoms with van der Waals surface area (Å²) in [7, 11) is 0. The Balaban J connectivity index is 0.000000216. The minimum atomic E-state index is -0.489. The van der Waals surface area contributed by atoms with Crippen LogP contribution >= 0.6 is 0 Å². The lowest BCUT2D eigenvalue weighted by atomic mass is 9.47. The third kappa shape index (κ3) is 5.52. The standard InChI is InChI=1S/C19H26O2.C10H14O4/c1-18-9-7-13(20)11-12(18)3-4-14-15-5-6-17(21)19(15,2)10-8-16(14)18;1-7(2)9(11)13-5-6-14-10(12)8(3)4/h11,14-16H,3-10H2,1-2H3;1,3,5-6H2,2,4H3/t14-,15-,16-,18-,19-;/m0./s1. The SMILES string of the molecule is C=C(C)C(=O)OCCOC(=O)C(=C)C.C[C@]12CCC(=O)C=C1CC[C@@H]1[C@@H]2CC[C@]2(C)C(=O)CC[C@@H]12. The highest BCUT2D eigenvalue weighted by atomic mass is 16.6. The van der Waals surface area contributed by atoms with E-state index in [0.717, 1.165) is 38.5 Å². The lowest BCUT2D eigenvalue weighted by Gasteiger charge is -2.56. The van der Waals surface area contributed by atoms with Gasteiger partial charge in [-0.1, -0.05) is 32.6 Å². The average molecular weight is 485 g/mol. The highest BCUT2D eigenvalue weighted by Crippen LogP contribution is 2.64. The molecule has 0 spiro atoms. The number of ether oxygens (including phenoxy) is 2. The third-order valence-corrected chi connectivity index (χ3v) is 8.92. The molecule has 0 amide bonds. The van der Waals surface area contributed by atoms with Crippen LogP contribution in [0.4, 0.5) is 0 Å². The molecule has 3 fully saturated rings. The van der Waals surface area contributed by atoms with Crippen LogP contribution in [0.2, 0.25) is 0 Å². The van der Waals surface area contributed by atoms with E-state index in [1.54, 1.807) is 13.8 Å². The van der Waals surface area contributed by atoms with Crippen molar-refractivity contribution in [2.75, 3.05) is 13.2 Å². The van der Waals surface area contributed by atoms with Crippen LogP contribution in [0, 0.1) is 28.6 Å². The molecule has 0 aromatic carbocycles. The fraction of sp³-hybridized carbons (Fsp3) is 0.655. The third-order valence-electron chi connectivity index (χ3n) is 8.92. The van der Waals surface area contributed by atoms with E-state index in [-0.39, 0.29) is 24.0 Å². The van der Waals surface area contributed by atoms with Crippen LogP contribution in [0.25, 0.3) is 0 Å². The molecule has 192 valence electrons. The Morgan fingerprint density at radius 2 is 1.43 bits per heavy atom. The first kappa shape index (κ1) is 27.1. The van der Waals surface area contributed by atoms with E-state index in [4.69, 9.17) is 0 Å². The summed E-state index contributed by atoms with van der Waals surface area (Å²) in [4.78, 5) is 45.8. The largest absolute Gasteiger partial charge is 0.459 e. The molecule has 0 bridgehead atoms. The summed E-state index contributed by atoms with van der Waals surface area (Å²) in [5.74, 6) is 1.90. The number of hydrogen-bond donors (Lipinski definition) is 0. The van der Waals surface area contributed by atoms with E-state index >= 15 is 0 Å². The first-order valence-corrected chi connectivity index (χ1v) is 12.8. The summed E-state index contributed by atoms with van der Waals surface area (Å²) < 4.78 is 9.38. The smallest absolute Gasteiger partial charge is 0.333 e. The van der Waals surface area contributed by atoms with Gasteiger partial charge >= 0.3 is 11.9 Å². The van der Waals surface area contributed by atoms with Crippen LogP contribution in [0.3, 0.4) is 0 Å². The summed E-state index contributed by atoms with van der Waals surface area (Å²) in [6.45, 7) is 14.6. The number of carbonyl (C=O) groups excluding carboxylic acids is 4. The van der Waals surface area contributed by atoms with E-state index in [0.29, 0.717) is 40.5 Å². The van der Waals surface area contributed by atoms with Crippen molar-refractivity contribution < 1.29 is 28.7 Å². The van der Waals surface area contributed by atoms with Crippen molar-refractivity contribution in [3.8, 4) is 0 Å². The van der Waals surface area contributed by atoms with E-state index in [2.05, 4.69) is 36.5 Å². The number of esters is 2. The molecule has 4 aliphatic carbocycles. The van der Waals surface area contributed by atoms with Gasteiger partial charge in [-0.25, -0.2) is 9.59 Å². The van der Waals surface area contributed by atoms with Gasteiger partial charge in [0.05, 0.1) is 0 Å². The number of Topliss-reactive ketones (excluding diaryl/α,β-unsaturated/α-hetero) is 1. The fourth-order valence-corrected chi connectivity index (χ4v) is 6.85. The Labute approximate surface area is 209 Å². The highest BCUT2D eigenvalue weighted by Gasteiger charge is 2.58. The number of ketones is 2. The van der Waals surface area contributed by atoms with Gasteiger partial charge in [0.2, 0.25) is 0 Å². The van der Waals surface area contributed by atoms with Crippen molar-refractivity contribution in [2.45, 2.75) is 79.1 Å². The molecule has 0 heterocycles. The molecule has 35 heavy (non-hydrogen) atoms. The van der Waals surface area contributed by atoms with Crippen LogP contribution in [-0.4, -0.2) is 36.7 Å². The fourth-order valence-electron chi connectivity index (χ4n) is 6.85. The molecule has 3 saturated carbocycles. The maximum Gasteiger partial charge on any atom is 0.333 e.